The van der Waals surface area contributed by atoms with Gasteiger partial charge in [-0.1, -0.05) is 161 Å². The number of phosphoric acid groups is 2. The molecule has 0 radical (unpaired) electrons. The van der Waals surface area contributed by atoms with Crippen molar-refractivity contribution in [2.45, 2.75) is 185 Å². The van der Waals surface area contributed by atoms with Gasteiger partial charge >= 0.3 is 27.6 Å². The van der Waals surface area contributed by atoms with Crippen molar-refractivity contribution in [3.63, 3.8) is 0 Å². The third-order valence-corrected chi connectivity index (χ3v) is 12.1. The van der Waals surface area contributed by atoms with E-state index in [9.17, 15) is 58.9 Å². The van der Waals surface area contributed by atoms with E-state index in [4.69, 9.17) is 18.5 Å². The molecule has 1 saturated carbocycles. The number of hydrogen-bond acceptors (Lipinski definition) is 14. The molecule has 9 atom stereocenters. The first-order chi connectivity index (χ1) is 34.5. The van der Waals surface area contributed by atoms with Gasteiger partial charge in [0.05, 0.1) is 12.7 Å². The lowest BCUT2D eigenvalue weighted by Gasteiger charge is -2.43. The van der Waals surface area contributed by atoms with Gasteiger partial charge in [-0.05, 0) is 83.5 Å². The Labute approximate surface area is 427 Å². The van der Waals surface area contributed by atoms with Crippen LogP contribution in [-0.4, -0.2) is 114 Å². The number of rotatable bonds is 40. The molecule has 1 aliphatic carbocycles. The lowest BCUT2D eigenvalue weighted by atomic mass is 9.85. The first kappa shape index (κ1) is 66.4. The Morgan fingerprint density at radius 1 is 0.514 bits per heavy atom. The number of carbonyl (C=O) groups is 2. The highest BCUT2D eigenvalue weighted by atomic mass is 31.2. The first-order valence-electron chi connectivity index (χ1n) is 25.2. The highest BCUT2D eigenvalue weighted by Gasteiger charge is 2.54. The van der Waals surface area contributed by atoms with Crippen LogP contribution in [0.15, 0.2) is 122 Å². The zero-order valence-electron chi connectivity index (χ0n) is 42.2. The second-order valence-electron chi connectivity index (χ2n) is 17.0. The van der Waals surface area contributed by atoms with Crippen LogP contribution in [0.5, 0.6) is 0 Å². The van der Waals surface area contributed by atoms with Crippen molar-refractivity contribution in [3.8, 4) is 0 Å². The Balaban J connectivity index is 2.66. The second-order valence-corrected chi connectivity index (χ2v) is 19.6. The largest absolute Gasteiger partial charge is 0.472 e. The van der Waals surface area contributed by atoms with Crippen LogP contribution < -0.4 is 0 Å². The average Bonchev–Trinajstić information content (AvgIpc) is 3.33. The SMILES string of the molecule is CC/C=C\C/C=C\C/C=C\C/C=C\C=C/C(O)C/C=C\CCC(=O)OC[C@H](COP(=O)(O)O[C@H]1C(O)C(O)C(O)[C@@H](OP(=O)(O)O)C1O)OC(=O)CCCCCCCC/C=C\C/C=C\C/C=C\C/C=C\CC. The molecule has 1 aliphatic rings. The van der Waals surface area contributed by atoms with Crippen LogP contribution in [0.3, 0.4) is 0 Å². The van der Waals surface area contributed by atoms with Gasteiger partial charge in [0.2, 0.25) is 0 Å². The van der Waals surface area contributed by atoms with E-state index in [2.05, 4.69) is 103 Å². The van der Waals surface area contributed by atoms with Gasteiger partial charge in [-0.25, -0.2) is 9.13 Å². The number of aliphatic hydroxyl groups is 5. The van der Waals surface area contributed by atoms with Crippen molar-refractivity contribution in [2.24, 2.45) is 0 Å². The molecule has 0 aromatic heterocycles. The molecule has 0 bridgehead atoms. The van der Waals surface area contributed by atoms with Crippen molar-refractivity contribution in [3.05, 3.63) is 122 Å². The maximum atomic E-state index is 13.0. The molecule has 0 amide bonds. The fourth-order valence-electron chi connectivity index (χ4n) is 6.77. The molecule has 0 saturated heterocycles. The number of aliphatic hydroxyl groups excluding tert-OH is 5. The smallest absolute Gasteiger partial charge is 0.462 e. The summed E-state index contributed by atoms with van der Waals surface area (Å²) in [5, 5.41) is 51.6. The van der Waals surface area contributed by atoms with E-state index in [1.807, 2.05) is 12.2 Å². The maximum absolute atomic E-state index is 13.0. The summed E-state index contributed by atoms with van der Waals surface area (Å²) in [7, 11) is -10.8. The van der Waals surface area contributed by atoms with E-state index in [1.165, 1.54) is 0 Å². The number of allylic oxidation sites excluding steroid dienone is 18. The maximum Gasteiger partial charge on any atom is 0.472 e. The molecule has 19 heteroatoms. The van der Waals surface area contributed by atoms with Gasteiger partial charge in [-0.3, -0.25) is 23.2 Å². The second kappa shape index (κ2) is 41.7. The molecule has 8 N–H and O–H groups in total. The predicted molar refractivity (Wildman–Crippen MR) is 279 cm³/mol. The number of carbonyl (C=O) groups excluding carboxylic acids is 2. The summed E-state index contributed by atoms with van der Waals surface area (Å²) in [5.74, 6) is -1.42. The van der Waals surface area contributed by atoms with Gasteiger partial charge in [-0.2, -0.15) is 0 Å². The topological polar surface area (TPSA) is 276 Å². The Hall–Kier alpha value is -3.64. The van der Waals surface area contributed by atoms with Crippen LogP contribution >= 0.6 is 15.6 Å². The molecule has 0 aromatic rings. The Morgan fingerprint density at radius 3 is 1.56 bits per heavy atom. The molecule has 17 nitrogen and oxygen atoms in total. The van der Waals surface area contributed by atoms with Crippen molar-refractivity contribution in [1.82, 2.24) is 0 Å². The summed E-state index contributed by atoms with van der Waals surface area (Å²) in [4.78, 5) is 54.4. The summed E-state index contributed by atoms with van der Waals surface area (Å²) in [6.07, 6.45) is 38.8. The van der Waals surface area contributed by atoms with Crippen molar-refractivity contribution < 1.29 is 82.0 Å². The highest BCUT2D eigenvalue weighted by molar-refractivity contribution is 7.47. The van der Waals surface area contributed by atoms with Gasteiger partial charge in [0, 0.05) is 12.8 Å². The minimum atomic E-state index is -5.39. The van der Waals surface area contributed by atoms with E-state index in [0.29, 0.717) is 12.8 Å². The van der Waals surface area contributed by atoms with E-state index in [1.54, 1.807) is 24.3 Å². The highest BCUT2D eigenvalue weighted by Crippen LogP contribution is 2.49. The lowest BCUT2D eigenvalue weighted by Crippen LogP contribution is -2.64. The summed E-state index contributed by atoms with van der Waals surface area (Å²) in [6.45, 7) is 2.72. The average molecular weight is 1060 g/mol. The monoisotopic (exact) mass is 1050 g/mol. The van der Waals surface area contributed by atoms with Gasteiger partial charge in [0.25, 0.3) is 0 Å². The zero-order valence-corrected chi connectivity index (χ0v) is 44.0. The van der Waals surface area contributed by atoms with E-state index < -0.39 is 89.6 Å². The minimum absolute atomic E-state index is 0.0173. The molecule has 6 unspecified atom stereocenters. The molecule has 0 spiro atoms. The lowest BCUT2D eigenvalue weighted by molar-refractivity contribution is -0.216. The first-order valence-corrected chi connectivity index (χ1v) is 28.2. The van der Waals surface area contributed by atoms with Crippen LogP contribution in [0.1, 0.15) is 136 Å². The van der Waals surface area contributed by atoms with Gasteiger partial charge in [-0.15, -0.1) is 0 Å². The molecular weight excluding hydrogens is 971 g/mol. The standard InChI is InChI=1S/C53H84O17P2/c1-3-5-7-9-11-13-15-17-18-19-20-21-22-24-26-28-30-32-36-41-47(56)68-45(43-67-72(64,65)70-53-50(59)48(57)49(58)52(51(53)60)69-71(61,62)63)42-66-46(55)40-37-33-35-39-44(54)38-34-31-29-27-25-23-16-14-12-10-8-6-4-2/h5-8,11-14,17-18,20-21,23,25,29,31,33-35,38,44-45,48-54,57-60H,3-4,9-10,15-16,19,22,24,26-28,30,32,36-37,39-43H2,1-2H3,(H,64,65)(H2,61,62,63)/b7-5-,8-6-,13-11-,14-12-,18-17-,21-20-,25-23-,31-29-,35-33-,38-34-/t44?,45-,48?,49?,50?,51?,52-,53+/m1/s1. The minimum Gasteiger partial charge on any atom is -0.462 e. The van der Waals surface area contributed by atoms with E-state index >= 15 is 0 Å². The third kappa shape index (κ3) is 35.5. The molecule has 72 heavy (non-hydrogen) atoms. The summed E-state index contributed by atoms with van der Waals surface area (Å²) in [5.41, 5.74) is 0. The van der Waals surface area contributed by atoms with E-state index in [0.717, 1.165) is 89.9 Å². The quantitative estimate of drug-likeness (QED) is 0.00933. The molecule has 0 aliphatic heterocycles. The number of phosphoric ester groups is 2. The number of hydrogen-bond donors (Lipinski definition) is 8. The van der Waals surface area contributed by atoms with Gasteiger partial charge < -0.3 is 49.7 Å². The van der Waals surface area contributed by atoms with Gasteiger partial charge in [0.15, 0.2) is 6.10 Å². The van der Waals surface area contributed by atoms with Crippen molar-refractivity contribution in [2.75, 3.05) is 13.2 Å². The van der Waals surface area contributed by atoms with Crippen LogP contribution in [0.2, 0.25) is 0 Å². The van der Waals surface area contributed by atoms with Crippen LogP contribution in [0.25, 0.3) is 0 Å². The normalized spacial score (nSPS) is 22.2. The zero-order chi connectivity index (χ0) is 53.3. The number of esters is 2. The predicted octanol–water partition coefficient (Wildman–Crippen LogP) is 9.25. The molecule has 408 valence electrons. The Bertz CT molecular complexity index is 1860. The summed E-state index contributed by atoms with van der Waals surface area (Å²) >= 11 is 0. The molecule has 1 fully saturated rings. The molecule has 0 aromatic carbocycles. The Morgan fingerprint density at radius 2 is 1.00 bits per heavy atom. The van der Waals surface area contributed by atoms with Crippen molar-refractivity contribution in [1.29, 1.82) is 0 Å². The fraction of sp³-hybridized carbons (Fsp3) is 0.585. The summed E-state index contributed by atoms with van der Waals surface area (Å²) < 4.78 is 49.3. The molecular formula is C53H84O17P2. The third-order valence-electron chi connectivity index (χ3n) is 10.6. The van der Waals surface area contributed by atoms with Crippen LogP contribution in [0.4, 0.5) is 0 Å². The molecule has 1 rings (SSSR count). The number of ether oxygens (including phenoxy) is 2. The van der Waals surface area contributed by atoms with Crippen molar-refractivity contribution >= 4 is 27.6 Å². The fourth-order valence-corrected chi connectivity index (χ4v) is 8.31. The summed E-state index contributed by atoms with van der Waals surface area (Å²) in [6, 6.07) is 0. The van der Waals surface area contributed by atoms with E-state index in [-0.39, 0.29) is 19.3 Å². The Kier molecular flexibility index (Phi) is 38.4. The number of unbranched alkanes of at least 4 members (excludes halogenated alkanes) is 6. The van der Waals surface area contributed by atoms with Gasteiger partial charge in [0.1, 0.15) is 43.2 Å². The van der Waals surface area contributed by atoms with Crippen LogP contribution in [-0.2, 0) is 41.8 Å². The molecule has 0 heterocycles. The van der Waals surface area contributed by atoms with Crippen LogP contribution in [0, 0.1) is 0 Å².